The molecule has 3 N–H and O–H groups in total. The van der Waals surface area contributed by atoms with E-state index in [0.29, 0.717) is 32.1 Å². The molecule has 0 radical (unpaired) electrons. The molecule has 0 aromatic carbocycles. The van der Waals surface area contributed by atoms with Crippen molar-refractivity contribution >= 4 is 39.5 Å². The molecule has 5 unspecified atom stereocenters. The second-order valence-electron chi connectivity index (χ2n) is 26.6. The summed E-state index contributed by atoms with van der Waals surface area (Å²) in [5.41, 5.74) is 0. The smallest absolute Gasteiger partial charge is 0.462 e. The van der Waals surface area contributed by atoms with Crippen molar-refractivity contribution in [2.45, 2.75) is 341 Å². The number of rotatable bonds is 75. The number of ether oxygens (including phenoxy) is 4. The molecule has 0 aromatic heterocycles. The highest BCUT2D eigenvalue weighted by Gasteiger charge is 2.30. The van der Waals surface area contributed by atoms with Crippen molar-refractivity contribution in [1.82, 2.24) is 0 Å². The third-order valence-electron chi connectivity index (χ3n) is 16.6. The first-order valence-corrected chi connectivity index (χ1v) is 43.4. The molecule has 104 heavy (non-hydrogen) atoms. The molecule has 0 saturated heterocycles. The van der Waals surface area contributed by atoms with Gasteiger partial charge in [0.1, 0.15) is 19.3 Å². The van der Waals surface area contributed by atoms with Crippen LogP contribution in [0.5, 0.6) is 0 Å². The summed E-state index contributed by atoms with van der Waals surface area (Å²) in [7, 11) is -9.99. The predicted octanol–water partition coefficient (Wildman–Crippen LogP) is 23.7. The van der Waals surface area contributed by atoms with Crippen LogP contribution >= 0.6 is 15.6 Å². The number of carbonyl (C=O) groups excluding carboxylic acids is 4. The third-order valence-corrected chi connectivity index (χ3v) is 18.5. The van der Waals surface area contributed by atoms with Crippen molar-refractivity contribution in [3.8, 4) is 0 Å². The number of allylic oxidation sites excluding steroid dienone is 22. The molecule has 17 nitrogen and oxygen atoms in total. The average Bonchev–Trinajstić information content (AvgIpc) is 0.926. The Morgan fingerprint density at radius 3 is 0.837 bits per heavy atom. The van der Waals surface area contributed by atoms with Crippen molar-refractivity contribution in [2.24, 2.45) is 0 Å². The Balaban J connectivity index is 5.44. The van der Waals surface area contributed by atoms with Gasteiger partial charge in [0.05, 0.1) is 26.4 Å². The van der Waals surface area contributed by atoms with Gasteiger partial charge in [-0.15, -0.1) is 0 Å². The SMILES string of the molecule is CC/C=C\C/C=C\C/C=C\C/C=C\C/C=C\CCCC(=O)OCC(COP(=O)(O)OCC(O)COP(=O)(O)OCC(COC(=O)CCCCCCC/C=C\C/C=C\CCCCC)OC(=O)CCCCCCC/C=C\CCCCCCCC)OC(=O)CCCCCCCCC/C=C\C/C=C\C/C=C\CC. The highest BCUT2D eigenvalue weighted by Crippen LogP contribution is 2.45. The van der Waals surface area contributed by atoms with Gasteiger partial charge in [-0.1, -0.05) is 277 Å². The fourth-order valence-corrected chi connectivity index (χ4v) is 12.1. The number of hydrogen-bond acceptors (Lipinski definition) is 15. The summed E-state index contributed by atoms with van der Waals surface area (Å²) in [5, 5.41) is 10.6. The quantitative estimate of drug-likeness (QED) is 0.0169. The van der Waals surface area contributed by atoms with Gasteiger partial charge >= 0.3 is 39.5 Å². The van der Waals surface area contributed by atoms with Gasteiger partial charge in [-0.25, -0.2) is 9.13 Å². The molecule has 0 aliphatic carbocycles. The van der Waals surface area contributed by atoms with Crippen molar-refractivity contribution in [3.63, 3.8) is 0 Å². The third kappa shape index (κ3) is 75.4. The van der Waals surface area contributed by atoms with Gasteiger partial charge in [0.25, 0.3) is 0 Å². The van der Waals surface area contributed by atoms with E-state index >= 15 is 0 Å². The zero-order valence-electron chi connectivity index (χ0n) is 65.2. The molecular weight excluding hydrogens is 1350 g/mol. The van der Waals surface area contributed by atoms with E-state index in [4.69, 9.17) is 37.0 Å². The van der Waals surface area contributed by atoms with Crippen LogP contribution in [0.15, 0.2) is 134 Å². The van der Waals surface area contributed by atoms with Crippen LogP contribution in [0.1, 0.15) is 323 Å². The zero-order chi connectivity index (χ0) is 76.0. The summed E-state index contributed by atoms with van der Waals surface area (Å²) in [6.45, 7) is 4.54. The fourth-order valence-electron chi connectivity index (χ4n) is 10.5. The number of phosphoric acid groups is 2. The number of esters is 4. The van der Waals surface area contributed by atoms with Gasteiger partial charge in [-0.05, 0) is 154 Å². The van der Waals surface area contributed by atoms with Gasteiger partial charge in [0, 0.05) is 25.7 Å². The maximum absolute atomic E-state index is 13.1. The first kappa shape index (κ1) is 99.2. The molecule has 5 atom stereocenters. The zero-order valence-corrected chi connectivity index (χ0v) is 66.9. The number of phosphoric ester groups is 2. The lowest BCUT2D eigenvalue weighted by Crippen LogP contribution is -2.30. The normalized spacial score (nSPS) is 14.6. The van der Waals surface area contributed by atoms with Crippen LogP contribution in [0.25, 0.3) is 0 Å². The predicted molar refractivity (Wildman–Crippen MR) is 427 cm³/mol. The number of aliphatic hydroxyl groups excluding tert-OH is 1. The Morgan fingerprint density at radius 1 is 0.279 bits per heavy atom. The van der Waals surface area contributed by atoms with E-state index < -0.39 is 97.5 Å². The van der Waals surface area contributed by atoms with E-state index in [1.807, 2.05) is 12.2 Å². The molecule has 0 amide bonds. The van der Waals surface area contributed by atoms with Crippen molar-refractivity contribution < 1.29 is 80.2 Å². The second-order valence-corrected chi connectivity index (χ2v) is 29.5. The molecule has 0 fully saturated rings. The molecule has 0 aliphatic rings. The van der Waals surface area contributed by atoms with E-state index in [0.717, 1.165) is 180 Å². The molecule has 0 heterocycles. The van der Waals surface area contributed by atoms with Crippen LogP contribution in [-0.2, 0) is 65.4 Å². The van der Waals surface area contributed by atoms with Crippen molar-refractivity contribution in [3.05, 3.63) is 134 Å². The standard InChI is InChI=1S/C85H144O17P2/c1-5-9-13-17-21-25-29-33-37-39-43-46-50-54-58-62-66-70-83(88)96-76-81(102-85(90)72-68-64-60-56-52-48-44-40-38-34-30-26-22-18-14-10-6-2)78-100-104(93,94)98-74-79(86)73-97-103(91,92)99-77-80(101-84(89)71-67-63-59-55-51-47-42-36-32-28-24-20-16-12-8-4)75-95-82(87)69-65-61-57-53-49-45-41-35-31-27-23-19-15-11-7-3/h9-10,13-14,21-23,25-27,33-38,41-43,46,54,58,79-81,86H,5-8,11-12,15-20,24,28-32,39-40,44-45,47-53,55-57,59-78H2,1-4H3,(H,91,92)(H,93,94)/b13-9-,14-10-,25-21-,26-22-,27-23-,37-33-,38-34-,41-35-,42-36-,46-43-,58-54-. The Kier molecular flexibility index (Phi) is 72.9. The van der Waals surface area contributed by atoms with E-state index in [2.05, 4.69) is 149 Å². The number of unbranched alkanes of at least 4 members (excludes halogenated alkanes) is 27. The lowest BCUT2D eigenvalue weighted by molar-refractivity contribution is -0.161. The minimum absolute atomic E-state index is 0.0678. The Hall–Kier alpha value is -4.80. The first-order valence-electron chi connectivity index (χ1n) is 40.4. The summed E-state index contributed by atoms with van der Waals surface area (Å²) in [5.74, 6) is -2.27. The minimum atomic E-state index is -5.00. The Bertz CT molecular complexity index is 2490. The molecule has 0 aromatic rings. The van der Waals surface area contributed by atoms with E-state index in [-0.39, 0.29) is 25.7 Å². The van der Waals surface area contributed by atoms with E-state index in [1.54, 1.807) is 0 Å². The minimum Gasteiger partial charge on any atom is -0.462 e. The molecule has 0 aliphatic heterocycles. The molecule has 19 heteroatoms. The molecule has 596 valence electrons. The van der Waals surface area contributed by atoms with Crippen molar-refractivity contribution in [1.29, 1.82) is 0 Å². The van der Waals surface area contributed by atoms with Crippen LogP contribution in [0, 0.1) is 0 Å². The molecular formula is C85H144O17P2. The number of hydrogen-bond donors (Lipinski definition) is 3. The van der Waals surface area contributed by atoms with Gasteiger partial charge in [0.2, 0.25) is 0 Å². The highest BCUT2D eigenvalue weighted by molar-refractivity contribution is 7.47. The largest absolute Gasteiger partial charge is 0.472 e. The van der Waals surface area contributed by atoms with Gasteiger partial charge in [-0.3, -0.25) is 37.3 Å². The van der Waals surface area contributed by atoms with Crippen LogP contribution in [0.3, 0.4) is 0 Å². The number of carbonyl (C=O) groups is 4. The van der Waals surface area contributed by atoms with Crippen molar-refractivity contribution in [2.75, 3.05) is 39.6 Å². The molecule has 0 spiro atoms. The van der Waals surface area contributed by atoms with E-state index in [1.165, 1.54) is 57.8 Å². The molecule has 0 saturated carbocycles. The summed E-state index contributed by atoms with van der Waals surface area (Å²) in [6, 6.07) is 0. The van der Waals surface area contributed by atoms with Gasteiger partial charge in [-0.2, -0.15) is 0 Å². The maximum atomic E-state index is 13.1. The lowest BCUT2D eigenvalue weighted by atomic mass is 10.1. The monoisotopic (exact) mass is 1500 g/mol. The summed E-state index contributed by atoms with van der Waals surface area (Å²) < 4.78 is 68.6. The van der Waals surface area contributed by atoms with Crippen LogP contribution in [-0.4, -0.2) is 96.7 Å². The van der Waals surface area contributed by atoms with Gasteiger partial charge < -0.3 is 33.8 Å². The Morgan fingerprint density at radius 2 is 0.510 bits per heavy atom. The number of aliphatic hydroxyl groups is 1. The van der Waals surface area contributed by atoms with Crippen LogP contribution in [0.2, 0.25) is 0 Å². The highest BCUT2D eigenvalue weighted by atomic mass is 31.2. The first-order chi connectivity index (χ1) is 50.7. The molecule has 0 rings (SSSR count). The lowest BCUT2D eigenvalue weighted by Gasteiger charge is -2.21. The maximum Gasteiger partial charge on any atom is 0.472 e. The topological polar surface area (TPSA) is 237 Å². The Labute approximate surface area is 631 Å². The summed E-state index contributed by atoms with van der Waals surface area (Å²) >= 11 is 0. The second kappa shape index (κ2) is 76.4. The van der Waals surface area contributed by atoms with Crippen LogP contribution in [0.4, 0.5) is 0 Å². The fraction of sp³-hybridized carbons (Fsp3) is 0.694. The van der Waals surface area contributed by atoms with Gasteiger partial charge in [0.15, 0.2) is 12.2 Å². The van der Waals surface area contributed by atoms with E-state index in [9.17, 15) is 43.2 Å². The molecule has 0 bridgehead atoms. The summed E-state index contributed by atoms with van der Waals surface area (Å²) in [4.78, 5) is 73.1. The van der Waals surface area contributed by atoms with Crippen LogP contribution < -0.4 is 0 Å². The average molecular weight is 1500 g/mol. The summed E-state index contributed by atoms with van der Waals surface area (Å²) in [6.07, 6.45) is 85.7.